The number of benzene rings is 1. The van der Waals surface area contributed by atoms with Crippen molar-refractivity contribution in [2.75, 3.05) is 0 Å². The molecule has 1 rings (SSSR count). The van der Waals surface area contributed by atoms with Gasteiger partial charge in [-0.15, -0.1) is 0 Å². The minimum Gasteiger partial charge on any atom is -0.264 e. The van der Waals surface area contributed by atoms with Crippen LogP contribution in [0.2, 0.25) is 0 Å². The molecule has 0 unspecified atom stereocenters. The van der Waals surface area contributed by atoms with Gasteiger partial charge in [-0.2, -0.15) is 0 Å². The molecule has 0 heterocycles. The smallest absolute Gasteiger partial charge is 0.0654 e. The Hall–Kier alpha value is -1.11. The highest BCUT2D eigenvalue weighted by atomic mass is 14.7. The Kier molecular flexibility index (Phi) is 14.0. The number of hydrogen-bond donors (Lipinski definition) is 0. The zero-order chi connectivity index (χ0) is 12.1. The lowest BCUT2D eigenvalue weighted by molar-refractivity contribution is 0.922. The summed E-state index contributed by atoms with van der Waals surface area (Å²) in [5.74, 6) is 0. The third-order valence-electron chi connectivity index (χ3n) is 1.68. The lowest BCUT2D eigenvalue weighted by Crippen LogP contribution is -1.82. The first-order chi connectivity index (χ1) is 7.38. The van der Waals surface area contributed by atoms with Gasteiger partial charge < -0.3 is 0 Å². The summed E-state index contributed by atoms with van der Waals surface area (Å²) in [6.07, 6.45) is 2.25. The Bertz CT molecular complexity index is 241. The molecule has 15 heavy (non-hydrogen) atoms. The second-order valence-corrected chi connectivity index (χ2v) is 2.54. The van der Waals surface area contributed by atoms with Gasteiger partial charge in [-0.25, -0.2) is 0 Å². The van der Waals surface area contributed by atoms with Gasteiger partial charge in [-0.05, 0) is 24.8 Å². The Morgan fingerprint density at radius 2 is 1.60 bits per heavy atom. The van der Waals surface area contributed by atoms with Crippen LogP contribution in [-0.4, -0.2) is 6.72 Å². The van der Waals surface area contributed by atoms with Crippen molar-refractivity contribution in [3.63, 3.8) is 0 Å². The standard InChI is InChI=1S/C10H13N.2C2H6/c1-3-6-9-7-4-5-8-10(9)11-2;2*1-2/h4-5,7-8H,2-3,6H2,1H3;2*1-2H3. The average Bonchev–Trinajstić information content (AvgIpc) is 2.35. The minimum absolute atomic E-state index is 1.02. The van der Waals surface area contributed by atoms with Gasteiger partial charge in [0.25, 0.3) is 0 Å². The quantitative estimate of drug-likeness (QED) is 0.617. The Morgan fingerprint density at radius 1 is 1.07 bits per heavy atom. The molecule has 0 spiro atoms. The predicted molar refractivity (Wildman–Crippen MR) is 72.3 cm³/mol. The Labute approximate surface area is 95.3 Å². The fourth-order valence-corrected chi connectivity index (χ4v) is 1.15. The van der Waals surface area contributed by atoms with Crippen LogP contribution >= 0.6 is 0 Å². The van der Waals surface area contributed by atoms with Crippen LogP contribution in [0.4, 0.5) is 5.69 Å². The van der Waals surface area contributed by atoms with Crippen LogP contribution in [0.1, 0.15) is 46.6 Å². The number of para-hydroxylation sites is 1. The van der Waals surface area contributed by atoms with E-state index in [1.807, 2.05) is 45.9 Å². The second-order valence-electron chi connectivity index (χ2n) is 2.54. The first-order valence-corrected chi connectivity index (χ1v) is 5.93. The summed E-state index contributed by atoms with van der Waals surface area (Å²) < 4.78 is 0. The van der Waals surface area contributed by atoms with Crippen LogP contribution < -0.4 is 0 Å². The van der Waals surface area contributed by atoms with Crippen molar-refractivity contribution < 1.29 is 0 Å². The maximum absolute atomic E-state index is 3.94. The molecule has 0 aliphatic rings. The third kappa shape index (κ3) is 6.89. The van der Waals surface area contributed by atoms with Gasteiger partial charge in [-0.3, -0.25) is 4.99 Å². The molecule has 0 atom stereocenters. The maximum Gasteiger partial charge on any atom is 0.0654 e. The predicted octanol–water partition coefficient (Wildman–Crippen LogP) is 5.02. The molecule has 0 aliphatic carbocycles. The van der Waals surface area contributed by atoms with Gasteiger partial charge in [-0.1, -0.05) is 59.2 Å². The summed E-state index contributed by atoms with van der Waals surface area (Å²) in [5, 5.41) is 0. The Morgan fingerprint density at radius 3 is 2.07 bits per heavy atom. The van der Waals surface area contributed by atoms with E-state index in [2.05, 4.69) is 24.7 Å². The van der Waals surface area contributed by atoms with E-state index in [0.717, 1.165) is 18.5 Å². The largest absolute Gasteiger partial charge is 0.264 e. The lowest BCUT2D eigenvalue weighted by Gasteiger charge is -2.01. The normalized spacial score (nSPS) is 7.80. The van der Waals surface area contributed by atoms with Crippen LogP contribution in [0.25, 0.3) is 0 Å². The van der Waals surface area contributed by atoms with Crippen LogP contribution in [0.5, 0.6) is 0 Å². The average molecular weight is 207 g/mol. The summed E-state index contributed by atoms with van der Waals surface area (Å²) in [7, 11) is 0. The van der Waals surface area contributed by atoms with E-state index in [-0.39, 0.29) is 0 Å². The van der Waals surface area contributed by atoms with Gasteiger partial charge in [0.15, 0.2) is 0 Å². The number of aryl methyl sites for hydroxylation is 1. The van der Waals surface area contributed by atoms with Crippen molar-refractivity contribution >= 4 is 12.4 Å². The van der Waals surface area contributed by atoms with E-state index in [1.165, 1.54) is 5.56 Å². The molecule has 0 radical (unpaired) electrons. The van der Waals surface area contributed by atoms with Crippen molar-refractivity contribution in [3.05, 3.63) is 29.8 Å². The lowest BCUT2D eigenvalue weighted by atomic mass is 10.1. The summed E-state index contributed by atoms with van der Waals surface area (Å²) >= 11 is 0. The maximum atomic E-state index is 3.94. The van der Waals surface area contributed by atoms with Crippen LogP contribution in [-0.2, 0) is 6.42 Å². The van der Waals surface area contributed by atoms with Crippen LogP contribution in [0.3, 0.4) is 0 Å². The highest BCUT2D eigenvalue weighted by molar-refractivity contribution is 5.51. The molecule has 0 saturated carbocycles. The Balaban J connectivity index is 0. The van der Waals surface area contributed by atoms with E-state index < -0.39 is 0 Å². The highest BCUT2D eigenvalue weighted by Gasteiger charge is 1.95. The molecule has 1 heteroatoms. The zero-order valence-electron chi connectivity index (χ0n) is 10.9. The molecule has 1 nitrogen and oxygen atoms in total. The summed E-state index contributed by atoms with van der Waals surface area (Å²) in [5.41, 5.74) is 2.32. The van der Waals surface area contributed by atoms with Gasteiger partial charge in [0.05, 0.1) is 5.69 Å². The number of aliphatic imine (C=N–C) groups is 1. The molecule has 1 aromatic rings. The minimum atomic E-state index is 1.02. The van der Waals surface area contributed by atoms with E-state index >= 15 is 0 Å². The first kappa shape index (κ1) is 16.3. The molecule has 0 amide bonds. The van der Waals surface area contributed by atoms with Crippen molar-refractivity contribution in [3.8, 4) is 0 Å². The molecular formula is C14H25N. The molecule has 0 N–H and O–H groups in total. The molecule has 0 aliphatic heterocycles. The summed E-state index contributed by atoms with van der Waals surface area (Å²) in [4.78, 5) is 3.94. The molecule has 0 bridgehead atoms. The van der Waals surface area contributed by atoms with Crippen molar-refractivity contribution in [2.24, 2.45) is 4.99 Å². The fraction of sp³-hybridized carbons (Fsp3) is 0.500. The van der Waals surface area contributed by atoms with E-state index in [1.54, 1.807) is 0 Å². The molecule has 86 valence electrons. The molecular weight excluding hydrogens is 182 g/mol. The summed E-state index contributed by atoms with van der Waals surface area (Å²) in [6, 6.07) is 8.13. The zero-order valence-corrected chi connectivity index (χ0v) is 10.9. The summed E-state index contributed by atoms with van der Waals surface area (Å²) in [6.45, 7) is 13.7. The van der Waals surface area contributed by atoms with Gasteiger partial charge in [0.2, 0.25) is 0 Å². The second kappa shape index (κ2) is 12.9. The van der Waals surface area contributed by atoms with Gasteiger partial charge in [0.1, 0.15) is 0 Å². The molecule has 0 fully saturated rings. The molecule has 1 aromatic carbocycles. The number of nitrogens with zero attached hydrogens (tertiary/aromatic N) is 1. The number of rotatable bonds is 3. The van der Waals surface area contributed by atoms with Crippen LogP contribution in [0, 0.1) is 0 Å². The monoisotopic (exact) mass is 207 g/mol. The SMILES string of the molecule is C=Nc1ccccc1CCC.CC.CC. The molecule has 0 saturated heterocycles. The van der Waals surface area contributed by atoms with Gasteiger partial charge in [0, 0.05) is 0 Å². The van der Waals surface area contributed by atoms with E-state index in [9.17, 15) is 0 Å². The van der Waals surface area contributed by atoms with Crippen molar-refractivity contribution in [1.29, 1.82) is 0 Å². The van der Waals surface area contributed by atoms with Crippen molar-refractivity contribution in [1.82, 2.24) is 0 Å². The fourth-order valence-electron chi connectivity index (χ4n) is 1.15. The highest BCUT2D eigenvalue weighted by Crippen LogP contribution is 2.18. The van der Waals surface area contributed by atoms with Gasteiger partial charge >= 0.3 is 0 Å². The molecule has 0 aromatic heterocycles. The van der Waals surface area contributed by atoms with E-state index in [0.29, 0.717) is 0 Å². The number of hydrogen-bond acceptors (Lipinski definition) is 1. The van der Waals surface area contributed by atoms with Crippen molar-refractivity contribution in [2.45, 2.75) is 47.5 Å². The van der Waals surface area contributed by atoms with Crippen LogP contribution in [0.15, 0.2) is 29.3 Å². The first-order valence-electron chi connectivity index (χ1n) is 5.93. The third-order valence-corrected chi connectivity index (χ3v) is 1.68. The van der Waals surface area contributed by atoms with E-state index in [4.69, 9.17) is 0 Å². The topological polar surface area (TPSA) is 12.4 Å².